The highest BCUT2D eigenvalue weighted by Gasteiger charge is 2.17. The molecule has 0 bridgehead atoms. The first-order valence-corrected chi connectivity index (χ1v) is 7.75. The van der Waals surface area contributed by atoms with Crippen molar-refractivity contribution in [3.63, 3.8) is 0 Å². The van der Waals surface area contributed by atoms with Crippen LogP contribution in [0.4, 0.5) is 5.69 Å². The van der Waals surface area contributed by atoms with E-state index in [0.717, 1.165) is 9.35 Å². The molecule has 3 aromatic heterocycles. The van der Waals surface area contributed by atoms with Gasteiger partial charge in [0.05, 0.1) is 23.8 Å². The largest absolute Gasteiger partial charge is 0.478 e. The highest BCUT2D eigenvalue weighted by atomic mass is 79.9. The molecule has 3 heterocycles. The molecule has 0 spiro atoms. The monoisotopic (exact) mass is 366 g/mol. The molecule has 0 saturated carbocycles. The summed E-state index contributed by atoms with van der Waals surface area (Å²) in [6.45, 7) is 0.534. The van der Waals surface area contributed by atoms with E-state index in [9.17, 15) is 9.90 Å². The van der Waals surface area contributed by atoms with Crippen LogP contribution in [0.5, 0.6) is 0 Å². The SMILES string of the molecule is Cn1ncc2c(NCc3sccc3Br)c(C(=O)O)cnc21. The zero-order valence-electron chi connectivity index (χ0n) is 11.0. The van der Waals surface area contributed by atoms with E-state index in [-0.39, 0.29) is 5.56 Å². The fraction of sp³-hybridized carbons (Fsp3) is 0.154. The Morgan fingerprint density at radius 2 is 2.33 bits per heavy atom. The number of thiophene rings is 1. The van der Waals surface area contributed by atoms with Gasteiger partial charge in [0.25, 0.3) is 0 Å². The minimum Gasteiger partial charge on any atom is -0.478 e. The van der Waals surface area contributed by atoms with Crippen LogP contribution >= 0.6 is 27.3 Å². The fourth-order valence-electron chi connectivity index (χ4n) is 2.07. The highest BCUT2D eigenvalue weighted by molar-refractivity contribution is 9.10. The van der Waals surface area contributed by atoms with Gasteiger partial charge in [0, 0.05) is 22.6 Å². The molecule has 108 valence electrons. The van der Waals surface area contributed by atoms with Crippen molar-refractivity contribution in [2.75, 3.05) is 5.32 Å². The third kappa shape index (κ3) is 2.52. The van der Waals surface area contributed by atoms with Gasteiger partial charge >= 0.3 is 5.97 Å². The number of aryl methyl sites for hydroxylation is 1. The van der Waals surface area contributed by atoms with E-state index in [1.807, 2.05) is 11.4 Å². The van der Waals surface area contributed by atoms with Crippen LogP contribution in [-0.4, -0.2) is 25.8 Å². The highest BCUT2D eigenvalue weighted by Crippen LogP contribution is 2.28. The molecule has 2 N–H and O–H groups in total. The molecule has 0 radical (unpaired) electrons. The van der Waals surface area contributed by atoms with E-state index in [0.29, 0.717) is 23.3 Å². The van der Waals surface area contributed by atoms with Gasteiger partial charge in [0.2, 0.25) is 0 Å². The van der Waals surface area contributed by atoms with Gasteiger partial charge in [0.1, 0.15) is 5.56 Å². The number of carboxylic acid groups (broad SMARTS) is 1. The summed E-state index contributed by atoms with van der Waals surface area (Å²) in [5.74, 6) is -1.01. The minimum atomic E-state index is -1.01. The second-order valence-corrected chi connectivity index (χ2v) is 6.26. The summed E-state index contributed by atoms with van der Waals surface area (Å²) in [5, 5.41) is 19.3. The van der Waals surface area contributed by atoms with Gasteiger partial charge in [-0.05, 0) is 27.4 Å². The molecule has 0 atom stereocenters. The molecule has 21 heavy (non-hydrogen) atoms. The van der Waals surface area contributed by atoms with Crippen molar-refractivity contribution in [1.29, 1.82) is 0 Å². The van der Waals surface area contributed by atoms with Crippen LogP contribution in [0.3, 0.4) is 0 Å². The van der Waals surface area contributed by atoms with Crippen molar-refractivity contribution < 1.29 is 9.90 Å². The van der Waals surface area contributed by atoms with Crippen molar-refractivity contribution in [1.82, 2.24) is 14.8 Å². The first kappa shape index (κ1) is 14.0. The number of fused-ring (bicyclic) bond motifs is 1. The number of pyridine rings is 1. The molecule has 0 amide bonds. The zero-order chi connectivity index (χ0) is 15.0. The fourth-order valence-corrected chi connectivity index (χ4v) is 3.50. The van der Waals surface area contributed by atoms with Crippen molar-refractivity contribution in [2.24, 2.45) is 7.05 Å². The van der Waals surface area contributed by atoms with Gasteiger partial charge in [-0.25, -0.2) is 9.78 Å². The van der Waals surface area contributed by atoms with Crippen LogP contribution in [-0.2, 0) is 13.6 Å². The van der Waals surface area contributed by atoms with Crippen LogP contribution in [0.15, 0.2) is 28.3 Å². The number of hydrogen-bond donors (Lipinski definition) is 2. The molecular weight excluding hydrogens is 356 g/mol. The second kappa shape index (κ2) is 5.45. The molecule has 6 nitrogen and oxygen atoms in total. The standard InChI is InChI=1S/C13H11BrN4O2S/c1-18-12-7(5-17-18)11(8(4-16-12)13(19)20)15-6-10-9(14)2-3-21-10/h2-5H,6H2,1H3,(H,15,16)(H,19,20). The Kier molecular flexibility index (Phi) is 3.64. The van der Waals surface area contributed by atoms with Crippen LogP contribution < -0.4 is 5.32 Å². The van der Waals surface area contributed by atoms with Crippen LogP contribution in [0.2, 0.25) is 0 Å². The predicted molar refractivity (Wildman–Crippen MR) is 84.8 cm³/mol. The summed E-state index contributed by atoms with van der Waals surface area (Å²) in [7, 11) is 1.77. The third-order valence-corrected chi connectivity index (χ3v) is 5.04. The average Bonchev–Trinajstić information content (AvgIpc) is 3.03. The molecule has 0 aliphatic rings. The van der Waals surface area contributed by atoms with E-state index in [2.05, 4.69) is 31.3 Å². The molecule has 8 heteroatoms. The number of aromatic carboxylic acids is 1. The summed E-state index contributed by atoms with van der Waals surface area (Å²) >= 11 is 5.07. The van der Waals surface area contributed by atoms with Crippen molar-refractivity contribution in [2.45, 2.75) is 6.54 Å². The number of nitrogens with one attached hydrogen (secondary N) is 1. The predicted octanol–water partition coefficient (Wildman–Crippen LogP) is 3.10. The van der Waals surface area contributed by atoms with Crippen LogP contribution in [0, 0.1) is 0 Å². The molecule has 0 aromatic carbocycles. The summed E-state index contributed by atoms with van der Waals surface area (Å²) in [6, 6.07) is 1.96. The van der Waals surface area contributed by atoms with Gasteiger partial charge < -0.3 is 10.4 Å². The third-order valence-electron chi connectivity index (χ3n) is 3.11. The average molecular weight is 367 g/mol. The van der Waals surface area contributed by atoms with Gasteiger partial charge in [-0.1, -0.05) is 0 Å². The number of halogens is 1. The molecule has 0 aliphatic heterocycles. The minimum absolute atomic E-state index is 0.142. The van der Waals surface area contributed by atoms with Gasteiger partial charge in [0.15, 0.2) is 5.65 Å². The van der Waals surface area contributed by atoms with Crippen molar-refractivity contribution >= 4 is 50.0 Å². The van der Waals surface area contributed by atoms with Crippen LogP contribution in [0.1, 0.15) is 15.2 Å². The molecule has 0 fully saturated rings. The van der Waals surface area contributed by atoms with E-state index in [1.165, 1.54) is 6.20 Å². The van der Waals surface area contributed by atoms with E-state index < -0.39 is 5.97 Å². The molecule has 0 unspecified atom stereocenters. The Hall–Kier alpha value is -1.93. The summed E-state index contributed by atoms with van der Waals surface area (Å²) in [4.78, 5) is 16.6. The topological polar surface area (TPSA) is 80.0 Å². The zero-order valence-corrected chi connectivity index (χ0v) is 13.4. The van der Waals surface area contributed by atoms with Crippen molar-refractivity contribution in [3.05, 3.63) is 38.8 Å². The molecule has 3 aromatic rings. The number of rotatable bonds is 4. The summed E-state index contributed by atoms with van der Waals surface area (Å²) < 4.78 is 2.63. The number of carbonyl (C=O) groups is 1. The van der Waals surface area contributed by atoms with Gasteiger partial charge in [-0.15, -0.1) is 11.3 Å². The second-order valence-electron chi connectivity index (χ2n) is 4.40. The molecular formula is C13H11BrN4O2S. The molecule has 3 rings (SSSR count). The number of nitrogens with zero attached hydrogens (tertiary/aromatic N) is 3. The quantitative estimate of drug-likeness (QED) is 0.741. The number of aromatic nitrogens is 3. The Morgan fingerprint density at radius 3 is 3.00 bits per heavy atom. The Labute approximate surface area is 132 Å². The van der Waals surface area contributed by atoms with Crippen LogP contribution in [0.25, 0.3) is 11.0 Å². The van der Waals surface area contributed by atoms with Gasteiger partial charge in [-0.3, -0.25) is 4.68 Å². The lowest BCUT2D eigenvalue weighted by Crippen LogP contribution is -2.07. The van der Waals surface area contributed by atoms with E-state index >= 15 is 0 Å². The lowest BCUT2D eigenvalue weighted by Gasteiger charge is -2.10. The normalized spacial score (nSPS) is 11.0. The molecule has 0 saturated heterocycles. The Balaban J connectivity index is 2.04. The Morgan fingerprint density at radius 1 is 1.52 bits per heavy atom. The van der Waals surface area contributed by atoms with E-state index in [1.54, 1.807) is 29.3 Å². The number of anilines is 1. The number of carboxylic acids is 1. The lowest BCUT2D eigenvalue weighted by molar-refractivity contribution is 0.0697. The molecule has 0 aliphatic carbocycles. The first-order valence-electron chi connectivity index (χ1n) is 6.07. The lowest BCUT2D eigenvalue weighted by atomic mass is 10.2. The maximum Gasteiger partial charge on any atom is 0.339 e. The summed E-state index contributed by atoms with van der Waals surface area (Å²) in [6.07, 6.45) is 2.98. The maximum atomic E-state index is 11.4. The number of hydrogen-bond acceptors (Lipinski definition) is 5. The Bertz CT molecular complexity index is 827. The van der Waals surface area contributed by atoms with E-state index in [4.69, 9.17) is 0 Å². The first-order chi connectivity index (χ1) is 10.1. The summed E-state index contributed by atoms with van der Waals surface area (Å²) in [5.41, 5.74) is 1.33. The smallest absolute Gasteiger partial charge is 0.339 e. The van der Waals surface area contributed by atoms with Gasteiger partial charge in [-0.2, -0.15) is 5.10 Å². The maximum absolute atomic E-state index is 11.4. The van der Waals surface area contributed by atoms with Crippen molar-refractivity contribution in [3.8, 4) is 0 Å².